The Morgan fingerprint density at radius 3 is 1.58 bits per heavy atom. The molecule has 0 aromatic heterocycles. The normalized spacial score (nSPS) is 13.4. The molecule has 0 aliphatic carbocycles. The van der Waals surface area contributed by atoms with Gasteiger partial charge in [-0.15, -0.1) is 23.5 Å². The van der Waals surface area contributed by atoms with Gasteiger partial charge < -0.3 is 40.9 Å². The minimum atomic E-state index is -0.481. The average molecular weight is 695 g/mol. The van der Waals surface area contributed by atoms with Crippen LogP contribution in [0.4, 0.5) is 0 Å². The quantitative estimate of drug-likeness (QED) is 0.0552. The van der Waals surface area contributed by atoms with E-state index in [4.69, 9.17) is 0 Å². The second-order valence-electron chi connectivity index (χ2n) is 12.6. The molecule has 4 aromatic carbocycles. The molecule has 0 aliphatic rings. The fourth-order valence-corrected chi connectivity index (χ4v) is 8.16. The first kappa shape index (κ1) is 36.8. The summed E-state index contributed by atoms with van der Waals surface area (Å²) in [4.78, 5) is 0. The van der Waals surface area contributed by atoms with E-state index in [1.807, 2.05) is 6.92 Å². The van der Waals surface area contributed by atoms with Crippen LogP contribution in [-0.4, -0.2) is 52.4 Å². The second kappa shape index (κ2) is 14.6. The van der Waals surface area contributed by atoms with Crippen LogP contribution in [0.5, 0.6) is 46.0 Å². The molecular weight excluding hydrogens is 649 g/mol. The van der Waals surface area contributed by atoms with Crippen molar-refractivity contribution in [3.8, 4) is 46.0 Å². The van der Waals surface area contributed by atoms with E-state index >= 15 is 0 Å². The van der Waals surface area contributed by atoms with Gasteiger partial charge in [0, 0.05) is 64.0 Å². The van der Waals surface area contributed by atoms with Crippen molar-refractivity contribution in [3.05, 3.63) is 42.4 Å². The zero-order chi connectivity index (χ0) is 35.8. The van der Waals surface area contributed by atoms with Gasteiger partial charge in [-0.1, -0.05) is 52.7 Å². The summed E-state index contributed by atoms with van der Waals surface area (Å²) < 4.78 is 0. The fourth-order valence-electron chi connectivity index (χ4n) is 6.22. The summed E-state index contributed by atoms with van der Waals surface area (Å²) >= 11 is 2.76. The highest BCUT2D eigenvalue weighted by molar-refractivity contribution is 8.06. The number of fused-ring (bicyclic) bond motifs is 2. The number of hydrogen-bond donors (Lipinski definition) is 8. The SMILES string of the molecule is C=c1c(O)c2c(=C(C)C)c(O)c(O)c(=CSCCCC)c2c(O)/c1=c1/c(C)c(O)c2c(C(C)C)c(O)c(O)c(=CSCCCC)c2c1O. The number of benzene rings is 4. The third-order valence-corrected chi connectivity index (χ3v) is 10.6. The largest absolute Gasteiger partial charge is 0.507 e. The van der Waals surface area contributed by atoms with E-state index in [1.165, 1.54) is 30.4 Å². The van der Waals surface area contributed by atoms with Crippen molar-refractivity contribution in [1.29, 1.82) is 0 Å². The van der Waals surface area contributed by atoms with E-state index < -0.39 is 40.2 Å². The summed E-state index contributed by atoms with van der Waals surface area (Å²) in [7, 11) is 0. The Bertz CT molecular complexity index is 2270. The van der Waals surface area contributed by atoms with Crippen LogP contribution in [0.2, 0.25) is 0 Å². The highest BCUT2D eigenvalue weighted by Crippen LogP contribution is 2.46. The van der Waals surface area contributed by atoms with E-state index in [1.54, 1.807) is 38.5 Å². The lowest BCUT2D eigenvalue weighted by atomic mass is 9.89. The predicted octanol–water partition coefficient (Wildman–Crippen LogP) is 6.50. The second-order valence-corrected chi connectivity index (χ2v) is 14.6. The van der Waals surface area contributed by atoms with Gasteiger partial charge >= 0.3 is 0 Å². The van der Waals surface area contributed by atoms with E-state index in [0.717, 1.165) is 25.7 Å². The van der Waals surface area contributed by atoms with Gasteiger partial charge in [-0.25, -0.2) is 0 Å². The van der Waals surface area contributed by atoms with Gasteiger partial charge in [0.1, 0.15) is 23.0 Å². The highest BCUT2D eigenvalue weighted by Gasteiger charge is 2.26. The minimum Gasteiger partial charge on any atom is -0.507 e. The first-order chi connectivity index (χ1) is 22.6. The molecule has 0 unspecified atom stereocenters. The Labute approximate surface area is 288 Å². The molecule has 0 bridgehead atoms. The Morgan fingerprint density at radius 2 is 1.10 bits per heavy atom. The van der Waals surface area contributed by atoms with Gasteiger partial charge in [-0.3, -0.25) is 0 Å². The van der Waals surface area contributed by atoms with E-state index in [0.29, 0.717) is 17.1 Å². The standard InChI is InChI=1S/C38H46O8S2/c1-9-11-13-47-15-21-27-29(23(17(3)4)37(45)33(21)41)31(39)19(7)25(35(27)43)26-20(8)32(40)30-24(18(5)6)38(46)34(42)22(28(30)36(26)44)16-48-14-12-10-2/h15-16,18,39-46H,7,9-14H2,1-6,8H3/b21-15?,22-16?,26-25-. The fraction of sp³-hybridized carbons (Fsp3) is 0.368. The maximum atomic E-state index is 12.2. The van der Waals surface area contributed by atoms with Crippen LogP contribution in [0.1, 0.15) is 84.3 Å². The first-order valence-electron chi connectivity index (χ1n) is 16.1. The molecule has 4 aromatic rings. The van der Waals surface area contributed by atoms with Crippen molar-refractivity contribution < 1.29 is 40.9 Å². The smallest absolute Gasteiger partial charge is 0.166 e. The van der Waals surface area contributed by atoms with Crippen LogP contribution in [0.3, 0.4) is 0 Å². The van der Waals surface area contributed by atoms with Gasteiger partial charge in [0.05, 0.1) is 0 Å². The zero-order valence-electron chi connectivity index (χ0n) is 28.6. The van der Waals surface area contributed by atoms with Crippen LogP contribution in [0, 0.1) is 17.4 Å². The number of hydrogen-bond acceptors (Lipinski definition) is 10. The van der Waals surface area contributed by atoms with Gasteiger partial charge in [0.2, 0.25) is 0 Å². The molecule has 0 spiro atoms. The monoisotopic (exact) mass is 694 g/mol. The third-order valence-electron chi connectivity index (χ3n) is 8.71. The van der Waals surface area contributed by atoms with E-state index in [9.17, 15) is 40.9 Å². The summed E-state index contributed by atoms with van der Waals surface area (Å²) in [6.07, 6.45) is 3.66. The Balaban J connectivity index is 2.47. The minimum absolute atomic E-state index is 0.0297. The number of phenols is 8. The van der Waals surface area contributed by atoms with Crippen molar-refractivity contribution in [2.75, 3.05) is 11.5 Å². The zero-order valence-corrected chi connectivity index (χ0v) is 30.2. The number of thioether (sulfide) groups is 2. The molecule has 10 heteroatoms. The first-order valence-corrected chi connectivity index (χ1v) is 18.2. The number of aromatic hydroxyl groups is 8. The van der Waals surface area contributed by atoms with E-state index in [2.05, 4.69) is 13.5 Å². The maximum Gasteiger partial charge on any atom is 0.166 e. The van der Waals surface area contributed by atoms with Gasteiger partial charge in [0.15, 0.2) is 23.0 Å². The molecule has 4 rings (SSSR count). The molecule has 0 atom stereocenters. The molecule has 0 heterocycles. The van der Waals surface area contributed by atoms with E-state index in [-0.39, 0.29) is 75.7 Å². The Kier molecular flexibility index (Phi) is 11.2. The molecule has 8 N–H and O–H groups in total. The van der Waals surface area contributed by atoms with Crippen LogP contribution < -0.4 is 20.9 Å². The summed E-state index contributed by atoms with van der Waals surface area (Å²) in [6, 6.07) is 0. The van der Waals surface area contributed by atoms with Gasteiger partial charge in [0.25, 0.3) is 0 Å². The molecule has 0 radical (unpaired) electrons. The highest BCUT2D eigenvalue weighted by atomic mass is 32.2. The summed E-state index contributed by atoms with van der Waals surface area (Å²) in [5, 5.41) is 96.3. The molecule has 258 valence electrons. The third kappa shape index (κ3) is 6.05. The molecule has 0 aliphatic heterocycles. The molecule has 0 saturated carbocycles. The van der Waals surface area contributed by atoms with Gasteiger partial charge in [-0.05, 0) is 61.9 Å². The average Bonchev–Trinajstić information content (AvgIpc) is 3.03. The predicted molar refractivity (Wildman–Crippen MR) is 200 cm³/mol. The van der Waals surface area contributed by atoms with Crippen LogP contribution in [0.15, 0.2) is 0 Å². The lowest BCUT2D eigenvalue weighted by Crippen LogP contribution is -2.19. The molecule has 0 saturated heterocycles. The van der Waals surface area contributed by atoms with Crippen molar-refractivity contribution >= 4 is 68.0 Å². The number of phenolic OH excluding ortho intramolecular Hbond substituents is 8. The molecule has 8 nitrogen and oxygen atoms in total. The maximum absolute atomic E-state index is 12.2. The molecule has 0 fully saturated rings. The summed E-state index contributed by atoms with van der Waals surface area (Å²) in [5.41, 5.74) is 0.917. The molecule has 48 heavy (non-hydrogen) atoms. The number of rotatable bonds is 9. The van der Waals surface area contributed by atoms with Crippen LogP contribution in [0.25, 0.3) is 44.5 Å². The van der Waals surface area contributed by atoms with Crippen molar-refractivity contribution in [3.63, 3.8) is 0 Å². The lowest BCUT2D eigenvalue weighted by molar-refractivity contribution is 0.395. The topological polar surface area (TPSA) is 162 Å². The van der Waals surface area contributed by atoms with Crippen molar-refractivity contribution in [1.82, 2.24) is 0 Å². The lowest BCUT2D eigenvalue weighted by Gasteiger charge is -2.19. The van der Waals surface area contributed by atoms with Crippen molar-refractivity contribution in [2.24, 2.45) is 0 Å². The Morgan fingerprint density at radius 1 is 0.625 bits per heavy atom. The number of unbranched alkanes of at least 4 members (excludes halogenated alkanes) is 2. The van der Waals surface area contributed by atoms with Gasteiger partial charge in [-0.2, -0.15) is 0 Å². The van der Waals surface area contributed by atoms with Crippen molar-refractivity contribution in [2.45, 2.75) is 80.1 Å². The summed E-state index contributed by atoms with van der Waals surface area (Å²) in [6.45, 7) is 16.7. The molecular formula is C38H46O8S2. The van der Waals surface area contributed by atoms with Crippen LogP contribution in [-0.2, 0) is 0 Å². The summed E-state index contributed by atoms with van der Waals surface area (Å²) in [5.74, 6) is -2.30. The molecule has 0 amide bonds. The van der Waals surface area contributed by atoms with Crippen LogP contribution >= 0.6 is 23.5 Å². The Hall–Kier alpha value is -4.02.